The van der Waals surface area contributed by atoms with Crippen molar-refractivity contribution in [1.82, 2.24) is 9.80 Å². The Kier molecular flexibility index (Phi) is 6.89. The molecule has 2 fully saturated rings. The maximum atomic E-state index is 12.8. The number of likely N-dealkylation sites (tertiary alicyclic amines) is 2. The van der Waals surface area contributed by atoms with Gasteiger partial charge in [0.1, 0.15) is 5.84 Å². The van der Waals surface area contributed by atoms with Gasteiger partial charge in [-0.05, 0) is 37.5 Å². The zero-order valence-corrected chi connectivity index (χ0v) is 17.6. The van der Waals surface area contributed by atoms with Gasteiger partial charge < -0.3 is 15.1 Å². The molecule has 2 amide bonds. The third kappa shape index (κ3) is 5.79. The number of nitrogens with zero attached hydrogens (tertiary/aromatic N) is 3. The van der Waals surface area contributed by atoms with E-state index in [0.717, 1.165) is 32.2 Å². The van der Waals surface area contributed by atoms with Crippen molar-refractivity contribution >= 4 is 33.4 Å². The predicted octanol–water partition coefficient (Wildman–Crippen LogP) is 2.23. The van der Waals surface area contributed by atoms with Gasteiger partial charge in [0.15, 0.2) is 0 Å². The van der Waals surface area contributed by atoms with Gasteiger partial charge in [-0.1, -0.05) is 12.5 Å². The number of benzene rings is 1. The summed E-state index contributed by atoms with van der Waals surface area (Å²) in [6.45, 7) is 1.86. The van der Waals surface area contributed by atoms with Crippen LogP contribution in [0.2, 0.25) is 0 Å². The van der Waals surface area contributed by atoms with E-state index < -0.39 is 10.0 Å². The minimum Gasteiger partial charge on any atom is -0.362 e. The molecule has 2 saturated heterocycles. The Morgan fingerprint density at radius 3 is 2.72 bits per heavy atom. The largest absolute Gasteiger partial charge is 0.362 e. The van der Waals surface area contributed by atoms with Gasteiger partial charge in [-0.15, -0.1) is 4.40 Å². The van der Waals surface area contributed by atoms with E-state index in [1.807, 2.05) is 11.9 Å². The van der Waals surface area contributed by atoms with E-state index in [1.54, 1.807) is 17.0 Å². The summed E-state index contributed by atoms with van der Waals surface area (Å²) in [6, 6.07) is 6.13. The van der Waals surface area contributed by atoms with Gasteiger partial charge in [-0.3, -0.25) is 9.59 Å². The van der Waals surface area contributed by atoms with E-state index in [-0.39, 0.29) is 23.1 Å². The van der Waals surface area contributed by atoms with E-state index in [0.29, 0.717) is 37.5 Å². The van der Waals surface area contributed by atoms with Crippen molar-refractivity contribution in [2.45, 2.75) is 49.8 Å². The third-order valence-corrected chi connectivity index (χ3v) is 6.56. The second-order valence-corrected chi connectivity index (χ2v) is 9.13. The van der Waals surface area contributed by atoms with Crippen LogP contribution in [0.1, 0.15) is 44.9 Å². The van der Waals surface area contributed by atoms with E-state index in [4.69, 9.17) is 0 Å². The zero-order chi connectivity index (χ0) is 20.9. The van der Waals surface area contributed by atoms with Gasteiger partial charge in [0, 0.05) is 51.6 Å². The van der Waals surface area contributed by atoms with Crippen LogP contribution >= 0.6 is 0 Å². The lowest BCUT2D eigenvalue weighted by Gasteiger charge is -2.18. The monoisotopic (exact) mass is 420 g/mol. The highest BCUT2D eigenvalue weighted by Gasteiger charge is 2.21. The van der Waals surface area contributed by atoms with Crippen molar-refractivity contribution in [3.05, 3.63) is 24.3 Å². The van der Waals surface area contributed by atoms with Crippen molar-refractivity contribution in [2.75, 3.05) is 32.0 Å². The van der Waals surface area contributed by atoms with Gasteiger partial charge in [0.25, 0.3) is 10.0 Å². The average molecular weight is 421 g/mol. The van der Waals surface area contributed by atoms with E-state index in [9.17, 15) is 18.0 Å². The van der Waals surface area contributed by atoms with E-state index >= 15 is 0 Å². The molecule has 0 aliphatic carbocycles. The molecule has 3 rings (SSSR count). The van der Waals surface area contributed by atoms with Crippen LogP contribution in [0.25, 0.3) is 0 Å². The summed E-state index contributed by atoms with van der Waals surface area (Å²) in [5, 5.41) is 2.72. The van der Waals surface area contributed by atoms with Gasteiger partial charge in [-0.25, -0.2) is 0 Å². The van der Waals surface area contributed by atoms with Gasteiger partial charge in [-0.2, -0.15) is 8.42 Å². The minimum atomic E-state index is -3.86. The number of anilines is 1. The molecule has 1 N–H and O–H groups in total. The van der Waals surface area contributed by atoms with Crippen LogP contribution in [0.4, 0.5) is 5.69 Å². The minimum absolute atomic E-state index is 0.0511. The summed E-state index contributed by atoms with van der Waals surface area (Å²) in [5.41, 5.74) is 0.401. The first kappa shape index (κ1) is 21.3. The number of amides is 2. The molecule has 0 atom stereocenters. The quantitative estimate of drug-likeness (QED) is 0.761. The maximum absolute atomic E-state index is 12.8. The molecule has 1 aromatic rings. The first-order valence-corrected chi connectivity index (χ1v) is 11.5. The van der Waals surface area contributed by atoms with Crippen molar-refractivity contribution in [2.24, 2.45) is 4.40 Å². The average Bonchev–Trinajstić information content (AvgIpc) is 2.99. The SMILES string of the molecule is CN1CCCCC/C1=N\S(=O)(=O)c1cccc(NC(=O)CCN2CCCC2=O)c1. The number of rotatable bonds is 6. The number of nitrogens with one attached hydrogen (secondary N) is 1. The second kappa shape index (κ2) is 9.39. The fourth-order valence-corrected chi connectivity index (χ4v) is 4.71. The van der Waals surface area contributed by atoms with Crippen LogP contribution in [0, 0.1) is 0 Å². The van der Waals surface area contributed by atoms with Crippen LogP contribution in [-0.2, 0) is 19.6 Å². The highest BCUT2D eigenvalue weighted by atomic mass is 32.2. The molecule has 0 spiro atoms. The topological polar surface area (TPSA) is 99.2 Å². The summed E-state index contributed by atoms with van der Waals surface area (Å²) in [6.07, 6.45) is 5.21. The Morgan fingerprint density at radius 1 is 1.14 bits per heavy atom. The highest BCUT2D eigenvalue weighted by molar-refractivity contribution is 7.90. The molecule has 9 heteroatoms. The summed E-state index contributed by atoms with van der Waals surface area (Å²) >= 11 is 0. The lowest BCUT2D eigenvalue weighted by atomic mass is 10.2. The third-order valence-electron chi connectivity index (χ3n) is 5.26. The van der Waals surface area contributed by atoms with Gasteiger partial charge >= 0.3 is 0 Å². The standard InChI is InChI=1S/C20H28N4O4S/c1-23-12-4-2-3-9-18(23)22-29(27,28)17-8-5-7-16(15-17)21-19(25)11-14-24-13-6-10-20(24)26/h5,7-8,15H,2-4,6,9-14H2,1H3,(H,21,25)/b22-18+. The van der Waals surface area contributed by atoms with E-state index in [1.165, 1.54) is 12.1 Å². The summed E-state index contributed by atoms with van der Waals surface area (Å²) in [7, 11) is -2.00. The number of sulfonamides is 1. The molecule has 2 aliphatic rings. The Bertz CT molecular complexity index is 897. The Labute approximate surface area is 172 Å². The molecule has 8 nitrogen and oxygen atoms in total. The molecule has 0 radical (unpaired) electrons. The maximum Gasteiger partial charge on any atom is 0.284 e. The predicted molar refractivity (Wildman–Crippen MR) is 111 cm³/mol. The number of hydrogen-bond acceptors (Lipinski definition) is 4. The van der Waals surface area contributed by atoms with Crippen LogP contribution in [0.3, 0.4) is 0 Å². The van der Waals surface area contributed by atoms with Crippen LogP contribution in [-0.4, -0.2) is 62.5 Å². The molecule has 0 unspecified atom stereocenters. The first-order valence-electron chi connectivity index (χ1n) is 10.1. The Hall–Kier alpha value is -2.42. The second-order valence-electron chi connectivity index (χ2n) is 7.53. The van der Waals surface area contributed by atoms with Crippen molar-refractivity contribution < 1.29 is 18.0 Å². The molecule has 0 aromatic heterocycles. The fourth-order valence-electron chi connectivity index (χ4n) is 3.57. The highest BCUT2D eigenvalue weighted by Crippen LogP contribution is 2.20. The first-order chi connectivity index (χ1) is 13.8. The van der Waals surface area contributed by atoms with Crippen LogP contribution < -0.4 is 5.32 Å². The molecular formula is C20H28N4O4S. The Morgan fingerprint density at radius 2 is 1.97 bits per heavy atom. The summed E-state index contributed by atoms with van der Waals surface area (Å²) < 4.78 is 29.6. The van der Waals surface area contributed by atoms with Crippen molar-refractivity contribution in [3.8, 4) is 0 Å². The van der Waals surface area contributed by atoms with E-state index in [2.05, 4.69) is 9.71 Å². The van der Waals surface area contributed by atoms with Crippen molar-refractivity contribution in [3.63, 3.8) is 0 Å². The summed E-state index contributed by atoms with van der Waals surface area (Å²) in [5.74, 6) is 0.398. The molecule has 0 bridgehead atoms. The molecule has 2 heterocycles. The number of amidine groups is 1. The number of carbonyl (C=O) groups is 2. The normalized spacial score (nSPS) is 19.5. The molecule has 29 heavy (non-hydrogen) atoms. The van der Waals surface area contributed by atoms with Gasteiger partial charge in [0.05, 0.1) is 4.90 Å². The van der Waals surface area contributed by atoms with Crippen LogP contribution in [0.5, 0.6) is 0 Å². The number of hydrogen-bond donors (Lipinski definition) is 1. The zero-order valence-electron chi connectivity index (χ0n) is 16.8. The summed E-state index contributed by atoms with van der Waals surface area (Å²) in [4.78, 5) is 27.5. The fraction of sp³-hybridized carbons (Fsp3) is 0.550. The smallest absolute Gasteiger partial charge is 0.284 e. The molecule has 0 saturated carbocycles. The molecule has 1 aromatic carbocycles. The number of carbonyl (C=O) groups excluding carboxylic acids is 2. The van der Waals surface area contributed by atoms with Crippen LogP contribution in [0.15, 0.2) is 33.6 Å². The Balaban J connectivity index is 1.66. The lowest BCUT2D eigenvalue weighted by Crippen LogP contribution is -2.28. The van der Waals surface area contributed by atoms with Gasteiger partial charge in [0.2, 0.25) is 11.8 Å². The lowest BCUT2D eigenvalue weighted by molar-refractivity contribution is -0.128. The molecule has 2 aliphatic heterocycles. The molecule has 158 valence electrons. The van der Waals surface area contributed by atoms with Crippen molar-refractivity contribution in [1.29, 1.82) is 0 Å². The molecular weight excluding hydrogens is 392 g/mol.